The van der Waals surface area contributed by atoms with Gasteiger partial charge in [-0.2, -0.15) is 0 Å². The van der Waals surface area contributed by atoms with Crippen LogP contribution in [-0.4, -0.2) is 72.1 Å². The average molecular weight is 485 g/mol. The summed E-state index contributed by atoms with van der Waals surface area (Å²) in [6.45, 7) is 7.68. The zero-order valence-electron chi connectivity index (χ0n) is 19.4. The van der Waals surface area contributed by atoms with E-state index in [1.54, 1.807) is 53.4 Å². The minimum atomic E-state index is -0.704. The quantitative estimate of drug-likeness (QED) is 0.365. The summed E-state index contributed by atoms with van der Waals surface area (Å²) in [4.78, 5) is 30.0. The molecular weight excluding hydrogens is 456 g/mol. The van der Waals surface area contributed by atoms with Gasteiger partial charge in [-0.1, -0.05) is 23.7 Å². The fourth-order valence-electron chi connectivity index (χ4n) is 4.30. The number of ketones is 1. The molecule has 0 radical (unpaired) electrons. The van der Waals surface area contributed by atoms with Crippen molar-refractivity contribution in [1.29, 1.82) is 0 Å². The Morgan fingerprint density at radius 1 is 1.06 bits per heavy atom. The van der Waals surface area contributed by atoms with Crippen LogP contribution in [0.2, 0.25) is 5.02 Å². The molecule has 4 rings (SSSR count). The second-order valence-corrected chi connectivity index (χ2v) is 9.13. The summed E-state index contributed by atoms with van der Waals surface area (Å²) in [6.07, 6.45) is 0.0149. The van der Waals surface area contributed by atoms with E-state index in [0.717, 1.165) is 13.1 Å². The van der Waals surface area contributed by atoms with E-state index in [-0.39, 0.29) is 17.4 Å². The largest absolute Gasteiger partial charge is 0.507 e. The number of nitrogens with zero attached hydrogens (tertiary/aromatic N) is 2. The van der Waals surface area contributed by atoms with E-state index >= 15 is 0 Å². The van der Waals surface area contributed by atoms with Gasteiger partial charge in [0.2, 0.25) is 0 Å². The minimum absolute atomic E-state index is 0.0149. The number of hydrogen-bond donors (Lipinski definition) is 1. The maximum Gasteiger partial charge on any atom is 0.295 e. The minimum Gasteiger partial charge on any atom is -0.507 e. The molecule has 2 fully saturated rings. The third-order valence-electron chi connectivity index (χ3n) is 5.99. The van der Waals surface area contributed by atoms with E-state index in [4.69, 9.17) is 21.1 Å². The van der Waals surface area contributed by atoms with E-state index in [9.17, 15) is 14.7 Å². The highest BCUT2D eigenvalue weighted by Crippen LogP contribution is 2.39. The highest BCUT2D eigenvalue weighted by Gasteiger charge is 2.46. The molecule has 0 saturated carbocycles. The van der Waals surface area contributed by atoms with Gasteiger partial charge in [0.1, 0.15) is 11.5 Å². The third kappa shape index (κ3) is 5.27. The van der Waals surface area contributed by atoms with Crippen LogP contribution in [0.3, 0.4) is 0 Å². The summed E-state index contributed by atoms with van der Waals surface area (Å²) in [6, 6.07) is 13.2. The molecule has 2 aliphatic heterocycles. The first-order valence-electron chi connectivity index (χ1n) is 11.5. The first-order chi connectivity index (χ1) is 16.3. The van der Waals surface area contributed by atoms with E-state index in [1.807, 2.05) is 13.8 Å². The van der Waals surface area contributed by atoms with Crippen LogP contribution < -0.4 is 4.74 Å². The predicted octanol–water partition coefficient (Wildman–Crippen LogP) is 3.88. The van der Waals surface area contributed by atoms with Crippen LogP contribution in [0.25, 0.3) is 5.76 Å². The lowest BCUT2D eigenvalue weighted by molar-refractivity contribution is -0.140. The molecule has 1 atom stereocenters. The summed E-state index contributed by atoms with van der Waals surface area (Å²) in [5.41, 5.74) is 1.24. The summed E-state index contributed by atoms with van der Waals surface area (Å²) in [5.74, 6) is -0.855. The van der Waals surface area contributed by atoms with Gasteiger partial charge in [0.05, 0.1) is 30.9 Å². The molecule has 0 spiro atoms. The topological polar surface area (TPSA) is 79.3 Å². The Hall–Kier alpha value is -2.87. The van der Waals surface area contributed by atoms with Crippen molar-refractivity contribution in [2.45, 2.75) is 26.0 Å². The normalized spacial score (nSPS) is 20.8. The molecule has 180 valence electrons. The van der Waals surface area contributed by atoms with Crippen LogP contribution >= 0.6 is 11.6 Å². The van der Waals surface area contributed by atoms with Crippen molar-refractivity contribution >= 4 is 29.1 Å². The highest BCUT2D eigenvalue weighted by molar-refractivity contribution is 6.46. The molecule has 2 aromatic rings. The van der Waals surface area contributed by atoms with Crippen LogP contribution in [0.1, 0.15) is 31.0 Å². The van der Waals surface area contributed by atoms with E-state index in [0.29, 0.717) is 48.2 Å². The van der Waals surface area contributed by atoms with Crippen LogP contribution in [0.4, 0.5) is 0 Å². The highest BCUT2D eigenvalue weighted by atomic mass is 35.5. The number of rotatable bonds is 7. The molecule has 2 aliphatic rings. The van der Waals surface area contributed by atoms with E-state index in [1.165, 1.54) is 0 Å². The number of benzene rings is 2. The third-order valence-corrected chi connectivity index (χ3v) is 6.24. The van der Waals surface area contributed by atoms with Gasteiger partial charge in [-0.05, 0) is 55.8 Å². The van der Waals surface area contributed by atoms with Crippen LogP contribution in [-0.2, 0) is 14.3 Å². The number of aliphatic hydroxyl groups is 1. The maximum atomic E-state index is 13.2. The summed E-state index contributed by atoms with van der Waals surface area (Å²) in [7, 11) is 0. The van der Waals surface area contributed by atoms with Gasteiger partial charge in [-0.15, -0.1) is 0 Å². The second-order valence-electron chi connectivity index (χ2n) is 8.69. The molecule has 34 heavy (non-hydrogen) atoms. The Kier molecular flexibility index (Phi) is 7.56. The van der Waals surface area contributed by atoms with Crippen LogP contribution in [0.5, 0.6) is 5.75 Å². The number of halogens is 1. The molecule has 8 heteroatoms. The van der Waals surface area contributed by atoms with Gasteiger partial charge in [-0.25, -0.2) is 0 Å². The van der Waals surface area contributed by atoms with Gasteiger partial charge in [0.15, 0.2) is 0 Å². The second kappa shape index (κ2) is 10.6. The van der Waals surface area contributed by atoms with Crippen molar-refractivity contribution in [3.63, 3.8) is 0 Å². The van der Waals surface area contributed by atoms with Crippen molar-refractivity contribution in [3.8, 4) is 5.75 Å². The zero-order chi connectivity index (χ0) is 24.2. The predicted molar refractivity (Wildman–Crippen MR) is 130 cm³/mol. The van der Waals surface area contributed by atoms with Gasteiger partial charge < -0.3 is 19.5 Å². The molecule has 1 amide bonds. The molecule has 1 N–H and O–H groups in total. The number of aliphatic hydroxyl groups excluding tert-OH is 1. The standard InChI is InChI=1S/C26H29ClN2O5/c1-17(2)34-21-9-5-19(6-10-21)24(30)22-23(18-3-7-20(27)8-4-18)29(26(32)25(22)31)12-11-28-13-15-33-16-14-28/h3-10,17,23,30H,11-16H2,1-2H3/b24-22+/t23-/m1/s1. The van der Waals surface area contributed by atoms with Crippen molar-refractivity contribution in [1.82, 2.24) is 9.80 Å². The number of morpholine rings is 1. The molecule has 2 saturated heterocycles. The van der Waals surface area contributed by atoms with E-state index < -0.39 is 17.7 Å². The Balaban J connectivity index is 1.69. The van der Waals surface area contributed by atoms with Crippen LogP contribution in [0.15, 0.2) is 54.1 Å². The fourth-order valence-corrected chi connectivity index (χ4v) is 4.42. The number of Topliss-reactive ketones (excluding diaryl/α,β-unsaturated/α-hetero) is 1. The number of carbonyl (C=O) groups is 2. The van der Waals surface area contributed by atoms with Crippen molar-refractivity contribution < 1.29 is 24.2 Å². The van der Waals surface area contributed by atoms with Gasteiger partial charge in [0.25, 0.3) is 11.7 Å². The average Bonchev–Trinajstić information content (AvgIpc) is 3.08. The Bertz CT molecular complexity index is 1060. The SMILES string of the molecule is CC(C)Oc1ccc(/C(O)=C2\C(=O)C(=O)N(CCN3CCOCC3)[C@@H]2c2ccc(Cl)cc2)cc1. The number of likely N-dealkylation sites (tertiary alicyclic amines) is 1. The summed E-state index contributed by atoms with van der Waals surface area (Å²) >= 11 is 6.08. The van der Waals surface area contributed by atoms with Crippen molar-refractivity contribution in [3.05, 3.63) is 70.3 Å². The number of ether oxygens (including phenoxy) is 2. The molecule has 2 heterocycles. The van der Waals surface area contributed by atoms with Crippen molar-refractivity contribution in [2.24, 2.45) is 0 Å². The maximum absolute atomic E-state index is 13.2. The zero-order valence-corrected chi connectivity index (χ0v) is 20.1. The van der Waals surface area contributed by atoms with Crippen LogP contribution in [0, 0.1) is 0 Å². The lowest BCUT2D eigenvalue weighted by Crippen LogP contribution is -2.42. The Morgan fingerprint density at radius 2 is 1.71 bits per heavy atom. The first-order valence-corrected chi connectivity index (χ1v) is 11.8. The first kappa shape index (κ1) is 24.3. The monoisotopic (exact) mass is 484 g/mol. The Labute approximate surface area is 204 Å². The molecule has 0 unspecified atom stereocenters. The van der Waals surface area contributed by atoms with Gasteiger partial charge in [-0.3, -0.25) is 14.5 Å². The summed E-state index contributed by atoms with van der Waals surface area (Å²) < 4.78 is 11.1. The van der Waals surface area contributed by atoms with Crippen molar-refractivity contribution in [2.75, 3.05) is 39.4 Å². The fraction of sp³-hybridized carbons (Fsp3) is 0.385. The number of carbonyl (C=O) groups excluding carboxylic acids is 2. The molecule has 0 aromatic heterocycles. The van der Waals surface area contributed by atoms with Gasteiger partial charge in [0, 0.05) is 36.8 Å². The molecule has 0 bridgehead atoms. The number of hydrogen-bond acceptors (Lipinski definition) is 6. The van der Waals surface area contributed by atoms with Gasteiger partial charge >= 0.3 is 0 Å². The lowest BCUT2D eigenvalue weighted by atomic mass is 9.95. The molecule has 7 nitrogen and oxygen atoms in total. The molecular formula is C26H29ClN2O5. The lowest BCUT2D eigenvalue weighted by Gasteiger charge is -2.31. The van der Waals surface area contributed by atoms with E-state index in [2.05, 4.69) is 4.90 Å². The molecule has 2 aromatic carbocycles. The smallest absolute Gasteiger partial charge is 0.295 e. The Morgan fingerprint density at radius 3 is 2.32 bits per heavy atom. The number of amides is 1. The molecule has 0 aliphatic carbocycles. The summed E-state index contributed by atoms with van der Waals surface area (Å²) in [5, 5.41) is 11.7.